The summed E-state index contributed by atoms with van der Waals surface area (Å²) >= 11 is 0. The first-order valence-corrected chi connectivity index (χ1v) is 16.5. The predicted octanol–water partition coefficient (Wildman–Crippen LogP) is -30.6. The smallest absolute Gasteiger partial charge is 0.672 e. The molecule has 0 aromatic carbocycles. The van der Waals surface area contributed by atoms with E-state index in [-0.39, 0.29) is 310 Å². The van der Waals surface area contributed by atoms with Crippen LogP contribution in [0.5, 0.6) is 0 Å². The molecule has 0 aliphatic carbocycles. The summed E-state index contributed by atoms with van der Waals surface area (Å²) in [6.07, 6.45) is 0. The molecule has 0 bridgehead atoms. The molecular formula is H4Al2Ba2Ca2O29Si9Sr2. The molecule has 0 aliphatic heterocycles. The minimum Gasteiger partial charge on any atom is -0.672 e. The molecule has 0 fully saturated rings. The predicted molar refractivity (Wildman–Crippen MR) is 111 cm³/mol. The zero-order valence-corrected chi connectivity index (χ0v) is 53.5. The van der Waals surface area contributed by atoms with Crippen LogP contribution in [0.2, 0.25) is 0 Å². The largest absolute Gasteiger partial charge is 3.00 e. The summed E-state index contributed by atoms with van der Waals surface area (Å²) in [6, 6.07) is 0. The third-order valence-electron chi connectivity index (χ3n) is 0. The van der Waals surface area contributed by atoms with E-state index in [1.165, 1.54) is 0 Å². The quantitative estimate of drug-likeness (QED) is 0.203. The van der Waals surface area contributed by atoms with Crippen molar-refractivity contribution in [3.8, 4) is 0 Å². The summed E-state index contributed by atoms with van der Waals surface area (Å²) in [7, 11) is -32.7. The molecule has 0 saturated carbocycles. The third kappa shape index (κ3) is 3190. The van der Waals surface area contributed by atoms with Crippen molar-refractivity contribution < 1.29 is 137 Å². The van der Waals surface area contributed by atoms with Crippen molar-refractivity contribution in [3.63, 3.8) is 0 Å². The molecule has 0 rings (SSSR count). The first-order valence-electron chi connectivity index (χ1n) is 5.51. The number of hydrogen-bond donors (Lipinski definition) is 0. The third-order valence-corrected chi connectivity index (χ3v) is 0. The van der Waals surface area contributed by atoms with Crippen LogP contribution < -0.4 is 86.3 Å². The molecular weight excluding hydrogens is 1300 g/mol. The molecule has 0 amide bonds. The Bertz CT molecular complexity index is 455. The second-order valence-corrected chi connectivity index (χ2v) is 6.75. The Morgan fingerprint density at radius 2 is 0.239 bits per heavy atom. The summed E-state index contributed by atoms with van der Waals surface area (Å²) in [5, 5.41) is 0. The zero-order chi connectivity index (χ0) is 32.2. The van der Waals surface area contributed by atoms with Gasteiger partial charge in [-0.15, -0.1) is 0 Å². The van der Waals surface area contributed by atoms with Crippen LogP contribution in [0.4, 0.5) is 0 Å². The van der Waals surface area contributed by atoms with E-state index in [0.717, 1.165) is 0 Å². The van der Waals surface area contributed by atoms with Crippen LogP contribution in [0, 0.1) is 0 Å². The minimum atomic E-state index is -3.63. The molecule has 232 valence electrons. The van der Waals surface area contributed by atoms with Crippen LogP contribution in [0.25, 0.3) is 0 Å². The van der Waals surface area contributed by atoms with Gasteiger partial charge in [0.25, 0.3) is 0 Å². The van der Waals surface area contributed by atoms with Crippen molar-refractivity contribution in [2.45, 2.75) is 0 Å². The van der Waals surface area contributed by atoms with Crippen LogP contribution >= 0.6 is 0 Å². The normalized spacial score (nSPS) is 4.70. The van der Waals surface area contributed by atoms with E-state index < -0.39 is 82.5 Å². The fourth-order valence-electron chi connectivity index (χ4n) is 0. The van der Waals surface area contributed by atoms with Crippen molar-refractivity contribution in [3.05, 3.63) is 0 Å². The van der Waals surface area contributed by atoms with Crippen molar-refractivity contribution >= 4 is 381 Å². The molecule has 0 spiro atoms. The van der Waals surface area contributed by atoms with E-state index in [9.17, 15) is 0 Å². The van der Waals surface area contributed by atoms with Crippen molar-refractivity contribution in [2.75, 3.05) is 0 Å². The molecule has 0 saturated heterocycles. The Morgan fingerprint density at radius 1 is 0.239 bits per heavy atom. The van der Waals surface area contributed by atoms with Gasteiger partial charge < -0.3 is 137 Å². The Morgan fingerprint density at radius 3 is 0.239 bits per heavy atom. The summed E-state index contributed by atoms with van der Waals surface area (Å²) < 4.78 is 76.7. The fourth-order valence-corrected chi connectivity index (χ4v) is 0. The van der Waals surface area contributed by atoms with Gasteiger partial charge in [0.15, 0.2) is 0 Å². The second kappa shape index (κ2) is 117. The van der Waals surface area contributed by atoms with Gasteiger partial charge in [0.2, 0.25) is 0 Å². The Hall–Kier alpha value is 6.16. The van der Waals surface area contributed by atoms with Crippen LogP contribution in [0.1, 0.15) is 0 Å². The van der Waals surface area contributed by atoms with Crippen molar-refractivity contribution in [1.29, 1.82) is 0 Å². The number of rotatable bonds is 0. The first kappa shape index (κ1) is 124. The van der Waals surface area contributed by atoms with E-state index >= 15 is 0 Å². The number of hydrogen-bond acceptors (Lipinski definition) is 27. The van der Waals surface area contributed by atoms with Gasteiger partial charge in [-0.05, 0) is 0 Å². The van der Waals surface area contributed by atoms with E-state index in [1.807, 2.05) is 0 Å². The molecule has 0 aromatic rings. The fraction of sp³-hybridized carbons (Fsp3) is 0. The molecule has 0 atom stereocenters. The molecule has 29 nitrogen and oxygen atoms in total. The molecule has 0 heterocycles. The monoisotopic (exact) mass is 1310 g/mol. The van der Waals surface area contributed by atoms with E-state index in [4.69, 9.17) is 126 Å². The van der Waals surface area contributed by atoms with Crippen LogP contribution in [-0.2, 0) is 40.2 Å². The molecule has 0 aliphatic rings. The van der Waals surface area contributed by atoms with Gasteiger partial charge in [0.1, 0.15) is 0 Å². The maximum absolute atomic E-state index is 8.52. The molecule has 4 N–H and O–H groups in total. The van der Waals surface area contributed by atoms with E-state index in [0.29, 0.717) is 0 Å². The molecule has 46 heteroatoms. The van der Waals surface area contributed by atoms with Gasteiger partial charge >= 0.3 is 299 Å². The summed E-state index contributed by atoms with van der Waals surface area (Å²) in [4.78, 5) is 153. The maximum Gasteiger partial charge on any atom is 3.00 e. The molecule has 0 unspecified atom stereocenters. The molecule has 0 radical (unpaired) electrons. The van der Waals surface area contributed by atoms with Gasteiger partial charge in [-0.3, -0.25) is 0 Å². The second-order valence-electron chi connectivity index (χ2n) is 2.25. The topological polar surface area (TPSA) is 632 Å². The van der Waals surface area contributed by atoms with Gasteiger partial charge in [0, 0.05) is 82.5 Å². The maximum atomic E-state index is 8.52. The molecule has 46 heavy (non-hydrogen) atoms. The van der Waals surface area contributed by atoms with Gasteiger partial charge in [-0.1, -0.05) is 0 Å². The van der Waals surface area contributed by atoms with Gasteiger partial charge in [-0.25, -0.2) is 0 Å². The minimum absolute atomic E-state index is 0. The summed E-state index contributed by atoms with van der Waals surface area (Å²) in [5.74, 6) is 0. The molecule has 0 aromatic heterocycles. The van der Waals surface area contributed by atoms with Crippen LogP contribution in [0.3, 0.4) is 0 Å². The standard InChI is InChI=1S/2Al.2Ba.2Ca.9O3Si.2H2O.2Sr/c;;;;;;9*1-4(2)3;;;;/h;;;;;;;;;;;;;;;2*1H2;;/q2*+3;4*+2;9*-2;;;2*+2. The first-order chi connectivity index (χ1) is 15.6. The van der Waals surface area contributed by atoms with E-state index in [1.54, 1.807) is 0 Å². The summed E-state index contributed by atoms with van der Waals surface area (Å²) in [5.41, 5.74) is 0. The summed E-state index contributed by atoms with van der Waals surface area (Å²) in [6.45, 7) is 0. The van der Waals surface area contributed by atoms with Crippen molar-refractivity contribution in [2.24, 2.45) is 0 Å². The van der Waals surface area contributed by atoms with E-state index in [2.05, 4.69) is 0 Å². The Kier molecular flexibility index (Phi) is 316. The average molecular weight is 1300 g/mol. The van der Waals surface area contributed by atoms with Crippen LogP contribution in [0.15, 0.2) is 0 Å². The van der Waals surface area contributed by atoms with Crippen molar-refractivity contribution in [1.82, 2.24) is 0 Å². The zero-order valence-electron chi connectivity index (χ0n) is 21.9. The van der Waals surface area contributed by atoms with Gasteiger partial charge in [-0.2, -0.15) is 0 Å². The average Bonchev–Trinajstić information content (AvgIpc) is 2.39. The Balaban J connectivity index is -0.0000000102. The van der Waals surface area contributed by atoms with Crippen LogP contribution in [-0.4, -0.2) is 392 Å². The Labute approximate surface area is 506 Å². The SMILES string of the molecule is O.O.O=[Si]([O-])[O-].O=[Si]([O-])[O-].O=[Si]([O-])[O-].O=[Si]([O-])[O-].O=[Si]([O-])[O-].O=[Si]([O-])[O-].O=[Si]([O-])[O-].O=[Si]([O-])[O-].O=[Si]([O-])[O-].[Al+3].[Al+3].[Ba+2].[Ba+2].[Ca+2].[Ca+2].[Sr+2].[Sr+2]. The van der Waals surface area contributed by atoms with Gasteiger partial charge in [0.05, 0.1) is 0 Å².